The first-order valence-electron chi connectivity index (χ1n) is 7.82. The minimum atomic E-state index is -4.88. The van der Waals surface area contributed by atoms with Crippen LogP contribution < -0.4 is 4.90 Å². The summed E-state index contributed by atoms with van der Waals surface area (Å²) in [5, 5.41) is 11.7. The van der Waals surface area contributed by atoms with Gasteiger partial charge < -0.3 is 4.74 Å². The number of anilines is 1. The molecule has 15 heteroatoms. The van der Waals surface area contributed by atoms with Gasteiger partial charge in [0.2, 0.25) is 0 Å². The number of ether oxygens (including phenoxy) is 1. The molecule has 0 N–H and O–H groups in total. The molecule has 0 radical (unpaired) electrons. The Morgan fingerprint density at radius 2 is 1.81 bits per heavy atom. The fraction of sp³-hybridized carbons (Fsp3) is 0.312. The van der Waals surface area contributed by atoms with E-state index in [9.17, 15) is 36.4 Å². The van der Waals surface area contributed by atoms with Crippen LogP contribution in [-0.2, 0) is 15.7 Å². The summed E-state index contributed by atoms with van der Waals surface area (Å²) in [5.74, 6) is -1.42. The number of nitrogens with zero attached hydrogens (tertiary/aromatic N) is 4. The van der Waals surface area contributed by atoms with Crippen molar-refractivity contribution in [1.29, 1.82) is 5.26 Å². The second-order valence-corrected chi connectivity index (χ2v) is 7.63. The van der Waals surface area contributed by atoms with Gasteiger partial charge in [-0.3, -0.25) is 9.69 Å². The number of amides is 1. The molecular formula is C16H10Cl2F6N4O2S. The summed E-state index contributed by atoms with van der Waals surface area (Å²) in [6.45, 7) is -0.547. The van der Waals surface area contributed by atoms with Crippen LogP contribution in [0.2, 0.25) is 10.0 Å². The number of methoxy groups -OCH3 is 1. The van der Waals surface area contributed by atoms with Crippen LogP contribution in [0.1, 0.15) is 11.3 Å². The van der Waals surface area contributed by atoms with Crippen molar-refractivity contribution in [2.24, 2.45) is 0 Å². The van der Waals surface area contributed by atoms with E-state index in [-0.39, 0.29) is 0 Å². The van der Waals surface area contributed by atoms with Crippen molar-refractivity contribution in [2.45, 2.75) is 16.6 Å². The lowest BCUT2D eigenvalue weighted by Gasteiger charge is -2.21. The summed E-state index contributed by atoms with van der Waals surface area (Å²) >= 11 is 11.2. The number of nitriles is 1. The maximum atomic E-state index is 13.1. The van der Waals surface area contributed by atoms with E-state index in [0.717, 1.165) is 7.05 Å². The predicted molar refractivity (Wildman–Crippen MR) is 100 cm³/mol. The number of hydrogen-bond donors (Lipinski definition) is 0. The third-order valence-corrected chi connectivity index (χ3v) is 5.05. The van der Waals surface area contributed by atoms with E-state index >= 15 is 0 Å². The summed E-state index contributed by atoms with van der Waals surface area (Å²) in [4.78, 5) is 12.2. The normalized spacial score (nSPS) is 12.0. The van der Waals surface area contributed by atoms with Crippen LogP contribution in [0.4, 0.5) is 32.2 Å². The monoisotopic (exact) mass is 506 g/mol. The van der Waals surface area contributed by atoms with Crippen LogP contribution in [0.25, 0.3) is 5.69 Å². The number of benzene rings is 1. The zero-order valence-electron chi connectivity index (χ0n) is 15.4. The molecule has 0 spiro atoms. The van der Waals surface area contributed by atoms with Crippen molar-refractivity contribution >= 4 is 46.7 Å². The van der Waals surface area contributed by atoms with Crippen LogP contribution in [0.15, 0.2) is 17.0 Å². The number of aromatic nitrogens is 2. The zero-order valence-corrected chi connectivity index (χ0v) is 17.7. The summed E-state index contributed by atoms with van der Waals surface area (Å²) < 4.78 is 83.7. The molecule has 0 saturated carbocycles. The average molecular weight is 507 g/mol. The molecule has 0 bridgehead atoms. The number of carbonyl (C=O) groups is 1. The number of thioether (sulfide) groups is 1. The number of likely N-dealkylation sites (N-methyl/N-ethyl adjacent to an activating group) is 1. The molecule has 0 aliphatic carbocycles. The van der Waals surface area contributed by atoms with Crippen molar-refractivity contribution in [3.63, 3.8) is 0 Å². The molecule has 1 aromatic carbocycles. The number of halogens is 8. The van der Waals surface area contributed by atoms with Gasteiger partial charge in [-0.15, -0.1) is 0 Å². The quantitative estimate of drug-likeness (QED) is 0.407. The van der Waals surface area contributed by atoms with E-state index in [1.54, 1.807) is 0 Å². The molecule has 0 aliphatic heterocycles. The Bertz CT molecular complexity index is 1030. The van der Waals surface area contributed by atoms with Crippen molar-refractivity contribution in [3.8, 4) is 11.8 Å². The summed E-state index contributed by atoms with van der Waals surface area (Å²) in [7, 11) is 2.24. The molecule has 0 saturated heterocycles. The molecular weight excluding hydrogens is 497 g/mol. The zero-order chi connectivity index (χ0) is 23.7. The van der Waals surface area contributed by atoms with Crippen molar-refractivity contribution < 1.29 is 35.9 Å². The van der Waals surface area contributed by atoms with E-state index in [2.05, 4.69) is 9.84 Å². The van der Waals surface area contributed by atoms with Crippen molar-refractivity contribution in [2.75, 3.05) is 25.7 Å². The standard InChI is InChI=1S/C16H10Cl2F6N4O2S/c1-27(11(29)6-30-2)14-13(31-16(22,23)24)10(5-25)26-28(14)12-8(17)3-7(4-9(12)18)15(19,20)21/h3-4H,6H2,1-2H3. The molecule has 168 valence electrons. The number of carbonyl (C=O) groups excluding carboxylic acids is 1. The minimum absolute atomic E-state index is 0.450. The minimum Gasteiger partial charge on any atom is -0.375 e. The first-order chi connectivity index (χ1) is 14.2. The second kappa shape index (κ2) is 9.15. The molecule has 2 rings (SSSR count). The third-order valence-electron chi connectivity index (χ3n) is 3.66. The maximum absolute atomic E-state index is 13.1. The van der Waals surface area contributed by atoms with E-state index in [1.807, 2.05) is 0 Å². The molecule has 31 heavy (non-hydrogen) atoms. The smallest absolute Gasteiger partial charge is 0.375 e. The Kier molecular flexibility index (Phi) is 7.42. The Balaban J connectivity index is 2.85. The summed E-state index contributed by atoms with van der Waals surface area (Å²) in [6.07, 6.45) is -4.81. The number of alkyl halides is 6. The van der Waals surface area contributed by atoms with Gasteiger partial charge in [-0.2, -0.15) is 36.7 Å². The lowest BCUT2D eigenvalue weighted by atomic mass is 10.2. The van der Waals surface area contributed by atoms with Gasteiger partial charge in [0.1, 0.15) is 18.4 Å². The fourth-order valence-electron chi connectivity index (χ4n) is 2.40. The SMILES string of the molecule is COCC(=O)N(C)c1c(SC(F)(F)F)c(C#N)nn1-c1c(Cl)cc(C(F)(F)F)cc1Cl. The second-order valence-electron chi connectivity index (χ2n) is 5.74. The lowest BCUT2D eigenvalue weighted by molar-refractivity contribution is -0.137. The van der Waals surface area contributed by atoms with Gasteiger partial charge >= 0.3 is 11.7 Å². The Morgan fingerprint density at radius 3 is 2.23 bits per heavy atom. The highest BCUT2D eigenvalue weighted by Crippen LogP contribution is 2.46. The van der Waals surface area contributed by atoms with Gasteiger partial charge in [-0.25, -0.2) is 4.68 Å². The van der Waals surface area contributed by atoms with Gasteiger partial charge in [-0.1, -0.05) is 23.2 Å². The highest BCUT2D eigenvalue weighted by Gasteiger charge is 2.38. The summed E-state index contributed by atoms with van der Waals surface area (Å²) in [6, 6.07) is 2.45. The van der Waals surface area contributed by atoms with Crippen LogP contribution >= 0.6 is 35.0 Å². The van der Waals surface area contributed by atoms with Crippen molar-refractivity contribution in [1.82, 2.24) is 9.78 Å². The van der Waals surface area contributed by atoms with Crippen LogP contribution in [0.5, 0.6) is 0 Å². The number of rotatable bonds is 5. The molecule has 0 fully saturated rings. The largest absolute Gasteiger partial charge is 0.446 e. The Labute approximate surface area is 185 Å². The first-order valence-corrected chi connectivity index (χ1v) is 9.39. The topological polar surface area (TPSA) is 71.2 Å². The molecule has 6 nitrogen and oxygen atoms in total. The molecule has 1 aromatic heterocycles. The summed E-state index contributed by atoms with van der Waals surface area (Å²) in [5.41, 5.74) is -7.29. The average Bonchev–Trinajstić information content (AvgIpc) is 2.96. The highest BCUT2D eigenvalue weighted by molar-refractivity contribution is 8.00. The third kappa shape index (κ3) is 5.57. The van der Waals surface area contributed by atoms with Gasteiger partial charge in [0, 0.05) is 14.2 Å². The van der Waals surface area contributed by atoms with E-state index < -0.39 is 73.7 Å². The molecule has 1 heterocycles. The van der Waals surface area contributed by atoms with Crippen LogP contribution in [-0.4, -0.2) is 42.0 Å². The van der Waals surface area contributed by atoms with Gasteiger partial charge in [0.05, 0.1) is 20.5 Å². The van der Waals surface area contributed by atoms with Gasteiger partial charge in [0.25, 0.3) is 5.91 Å². The van der Waals surface area contributed by atoms with Gasteiger partial charge in [0.15, 0.2) is 11.5 Å². The van der Waals surface area contributed by atoms with E-state index in [1.165, 1.54) is 13.2 Å². The predicted octanol–water partition coefficient (Wildman–Crippen LogP) is 5.29. The highest BCUT2D eigenvalue weighted by atomic mass is 35.5. The molecule has 0 atom stereocenters. The molecule has 1 amide bonds. The first kappa shape index (κ1) is 25.1. The molecule has 2 aromatic rings. The van der Waals surface area contributed by atoms with E-state index in [4.69, 9.17) is 23.2 Å². The van der Waals surface area contributed by atoms with Crippen LogP contribution in [0, 0.1) is 11.3 Å². The Morgan fingerprint density at radius 1 is 1.26 bits per heavy atom. The molecule has 0 unspecified atom stereocenters. The van der Waals surface area contributed by atoms with Crippen LogP contribution in [0.3, 0.4) is 0 Å². The van der Waals surface area contributed by atoms with Crippen molar-refractivity contribution in [3.05, 3.63) is 33.4 Å². The number of hydrogen-bond acceptors (Lipinski definition) is 5. The Hall–Kier alpha value is -2.14. The molecule has 0 aliphatic rings. The maximum Gasteiger partial charge on any atom is 0.446 e. The van der Waals surface area contributed by atoms with Gasteiger partial charge in [-0.05, 0) is 23.9 Å². The lowest BCUT2D eigenvalue weighted by Crippen LogP contribution is -2.32. The fourth-order valence-corrected chi connectivity index (χ4v) is 3.77. The van der Waals surface area contributed by atoms with E-state index in [0.29, 0.717) is 21.7 Å².